The fraction of sp³-hybridized carbons (Fsp3) is 0.357. The van der Waals surface area contributed by atoms with Gasteiger partial charge in [-0.1, -0.05) is 17.7 Å². The lowest BCUT2D eigenvalue weighted by Crippen LogP contribution is -2.27. The van der Waals surface area contributed by atoms with Crippen LogP contribution in [-0.2, 0) is 20.7 Å². The van der Waals surface area contributed by atoms with Crippen molar-refractivity contribution in [1.29, 1.82) is 0 Å². The zero-order valence-electron chi connectivity index (χ0n) is 11.9. The van der Waals surface area contributed by atoms with Gasteiger partial charge in [-0.05, 0) is 38.5 Å². The Morgan fingerprint density at radius 2 is 1.90 bits per heavy atom. The summed E-state index contributed by atoms with van der Waals surface area (Å²) in [6, 6.07) is 4.42. The molecule has 0 aromatic heterocycles. The molecule has 0 unspecified atom stereocenters. The fourth-order valence-electron chi connectivity index (χ4n) is 1.44. The summed E-state index contributed by atoms with van der Waals surface area (Å²) in [5.41, 5.74) is 0.129. The van der Waals surface area contributed by atoms with E-state index in [9.17, 15) is 14.4 Å². The Kier molecular flexibility index (Phi) is 5.32. The second kappa shape index (κ2) is 6.58. The normalized spacial score (nSPS) is 10.9. The predicted molar refractivity (Wildman–Crippen MR) is 77.7 cm³/mol. The van der Waals surface area contributed by atoms with Crippen LogP contribution in [0, 0.1) is 0 Å². The number of ether oxygens (including phenoxy) is 1. The lowest BCUT2D eigenvalue weighted by Gasteiger charge is -2.20. The summed E-state index contributed by atoms with van der Waals surface area (Å²) >= 11 is 5.98. The second-order valence-electron chi connectivity index (χ2n) is 5.35. The van der Waals surface area contributed by atoms with E-state index in [1.807, 2.05) is 0 Å². The molecule has 1 amide bonds. The molecule has 7 heteroatoms. The van der Waals surface area contributed by atoms with Crippen molar-refractivity contribution >= 4 is 35.1 Å². The van der Waals surface area contributed by atoms with Gasteiger partial charge in [0.2, 0.25) is 5.78 Å². The van der Waals surface area contributed by atoms with Crippen molar-refractivity contribution in [2.75, 3.05) is 5.32 Å². The molecule has 1 aromatic rings. The third-order valence-electron chi connectivity index (χ3n) is 2.27. The van der Waals surface area contributed by atoms with Crippen molar-refractivity contribution in [2.45, 2.75) is 32.8 Å². The summed E-state index contributed by atoms with van der Waals surface area (Å²) in [5.74, 6) is -2.43. The van der Waals surface area contributed by atoms with E-state index in [-0.39, 0.29) is 11.4 Å². The molecule has 1 aromatic carbocycles. The first-order valence-electron chi connectivity index (χ1n) is 6.13. The molecule has 0 heterocycles. The van der Waals surface area contributed by atoms with Gasteiger partial charge in [0.15, 0.2) is 0 Å². The maximum absolute atomic E-state index is 11.6. The molecular weight excluding hydrogens is 298 g/mol. The van der Waals surface area contributed by atoms with E-state index >= 15 is 0 Å². The van der Waals surface area contributed by atoms with Crippen LogP contribution in [0.25, 0.3) is 0 Å². The molecule has 0 aliphatic heterocycles. The Bertz CT molecular complexity index is 577. The fourth-order valence-corrected chi connectivity index (χ4v) is 1.69. The highest BCUT2D eigenvalue weighted by atomic mass is 35.5. The number of halogens is 1. The van der Waals surface area contributed by atoms with Gasteiger partial charge in [-0.25, -0.2) is 9.59 Å². The number of amides is 1. The van der Waals surface area contributed by atoms with Crippen LogP contribution in [0.1, 0.15) is 26.3 Å². The van der Waals surface area contributed by atoms with Crippen LogP contribution in [-0.4, -0.2) is 28.6 Å². The van der Waals surface area contributed by atoms with Crippen LogP contribution in [0.5, 0.6) is 0 Å². The minimum Gasteiger partial charge on any atom is -0.475 e. The van der Waals surface area contributed by atoms with Crippen molar-refractivity contribution in [1.82, 2.24) is 0 Å². The summed E-state index contributed by atoms with van der Waals surface area (Å²) in [7, 11) is 0. The molecule has 0 radical (unpaired) electrons. The van der Waals surface area contributed by atoms with E-state index in [2.05, 4.69) is 5.32 Å². The molecule has 2 N–H and O–H groups in total. The number of carboxylic acids is 1. The van der Waals surface area contributed by atoms with Crippen molar-refractivity contribution in [3.63, 3.8) is 0 Å². The van der Waals surface area contributed by atoms with Crippen LogP contribution in [0.4, 0.5) is 10.5 Å². The van der Waals surface area contributed by atoms with Crippen LogP contribution >= 0.6 is 11.6 Å². The van der Waals surface area contributed by atoms with Gasteiger partial charge in [0.25, 0.3) is 0 Å². The lowest BCUT2D eigenvalue weighted by atomic mass is 10.1. The Hall–Kier alpha value is -2.08. The first-order chi connectivity index (χ1) is 9.58. The summed E-state index contributed by atoms with van der Waals surface area (Å²) in [5, 5.41) is 11.2. The third kappa shape index (κ3) is 5.83. The molecule has 0 saturated heterocycles. The zero-order chi connectivity index (χ0) is 16.2. The number of anilines is 1. The van der Waals surface area contributed by atoms with E-state index in [1.165, 1.54) is 18.2 Å². The highest BCUT2D eigenvalue weighted by molar-refractivity contribution is 6.34. The number of ketones is 1. The number of nitrogens with one attached hydrogen (secondary N) is 1. The molecule has 114 valence electrons. The number of carboxylic acid groups (broad SMARTS) is 1. The van der Waals surface area contributed by atoms with E-state index in [1.54, 1.807) is 20.8 Å². The molecular formula is C14H16ClNO5. The molecule has 0 aliphatic rings. The molecule has 0 saturated carbocycles. The Labute approximate surface area is 127 Å². The number of hydrogen-bond acceptors (Lipinski definition) is 4. The average Bonchev–Trinajstić information content (AvgIpc) is 2.30. The third-order valence-corrected chi connectivity index (χ3v) is 2.59. The standard InChI is InChI=1S/C14H16ClNO5/c1-14(2,3)21-13(20)16-10-5-4-8(6-9(10)15)7-11(17)12(18)19/h4-6H,7H2,1-3H3,(H,16,20)(H,18,19). The second-order valence-corrected chi connectivity index (χ2v) is 5.75. The summed E-state index contributed by atoms with van der Waals surface area (Å²) in [4.78, 5) is 33.2. The van der Waals surface area contributed by atoms with E-state index in [4.69, 9.17) is 21.4 Å². The molecule has 0 bridgehead atoms. The van der Waals surface area contributed by atoms with E-state index in [0.29, 0.717) is 11.3 Å². The van der Waals surface area contributed by atoms with Gasteiger partial charge in [0, 0.05) is 6.42 Å². The average molecular weight is 314 g/mol. The monoisotopic (exact) mass is 313 g/mol. The Morgan fingerprint density at radius 1 is 1.29 bits per heavy atom. The molecule has 21 heavy (non-hydrogen) atoms. The van der Waals surface area contributed by atoms with Crippen LogP contribution in [0.15, 0.2) is 18.2 Å². The van der Waals surface area contributed by atoms with Crippen LogP contribution in [0.2, 0.25) is 5.02 Å². The molecule has 0 spiro atoms. The quantitative estimate of drug-likeness (QED) is 0.834. The minimum absolute atomic E-state index is 0.191. The number of benzene rings is 1. The molecule has 6 nitrogen and oxygen atoms in total. The van der Waals surface area contributed by atoms with E-state index < -0.39 is 23.4 Å². The number of carbonyl (C=O) groups excluding carboxylic acids is 2. The first kappa shape index (κ1) is 17.0. The van der Waals surface area contributed by atoms with Crippen molar-refractivity contribution in [2.24, 2.45) is 0 Å². The smallest absolute Gasteiger partial charge is 0.412 e. The van der Waals surface area contributed by atoms with Gasteiger partial charge >= 0.3 is 12.1 Å². The molecule has 1 rings (SSSR count). The molecule has 0 aliphatic carbocycles. The Morgan fingerprint density at radius 3 is 2.38 bits per heavy atom. The van der Waals surface area contributed by atoms with Crippen LogP contribution < -0.4 is 5.32 Å². The summed E-state index contributed by atoms with van der Waals surface area (Å²) in [6.07, 6.45) is -0.916. The topological polar surface area (TPSA) is 92.7 Å². The Balaban J connectivity index is 2.77. The van der Waals surface area contributed by atoms with Gasteiger partial charge in [0.1, 0.15) is 5.60 Å². The largest absolute Gasteiger partial charge is 0.475 e. The number of hydrogen-bond donors (Lipinski definition) is 2. The highest BCUT2D eigenvalue weighted by Crippen LogP contribution is 2.24. The van der Waals surface area contributed by atoms with Gasteiger partial charge in [-0.3, -0.25) is 10.1 Å². The first-order valence-corrected chi connectivity index (χ1v) is 6.51. The van der Waals surface area contributed by atoms with Crippen LogP contribution in [0.3, 0.4) is 0 Å². The SMILES string of the molecule is CC(C)(C)OC(=O)Nc1ccc(CC(=O)C(=O)O)cc1Cl. The van der Waals surface area contributed by atoms with Crippen molar-refractivity contribution in [3.8, 4) is 0 Å². The molecule has 0 atom stereocenters. The minimum atomic E-state index is -1.50. The maximum atomic E-state index is 11.6. The number of aliphatic carboxylic acids is 1. The highest BCUT2D eigenvalue weighted by Gasteiger charge is 2.18. The van der Waals surface area contributed by atoms with Gasteiger partial charge in [-0.2, -0.15) is 0 Å². The number of carbonyl (C=O) groups is 3. The maximum Gasteiger partial charge on any atom is 0.412 e. The summed E-state index contributed by atoms with van der Waals surface area (Å²) in [6.45, 7) is 5.19. The predicted octanol–water partition coefficient (Wildman–Crippen LogP) is 2.88. The van der Waals surface area contributed by atoms with Gasteiger partial charge < -0.3 is 9.84 Å². The van der Waals surface area contributed by atoms with E-state index in [0.717, 1.165) is 0 Å². The van der Waals surface area contributed by atoms with Gasteiger partial charge in [0.05, 0.1) is 10.7 Å². The number of rotatable bonds is 4. The zero-order valence-corrected chi connectivity index (χ0v) is 12.7. The lowest BCUT2D eigenvalue weighted by molar-refractivity contribution is -0.148. The summed E-state index contributed by atoms with van der Waals surface area (Å²) < 4.78 is 5.08. The van der Waals surface area contributed by atoms with Crippen molar-refractivity contribution < 1.29 is 24.2 Å². The number of Topliss-reactive ketones (excluding diaryl/α,β-unsaturated/α-hetero) is 1. The van der Waals surface area contributed by atoms with Crippen molar-refractivity contribution in [3.05, 3.63) is 28.8 Å². The molecule has 0 fully saturated rings. The van der Waals surface area contributed by atoms with Gasteiger partial charge in [-0.15, -0.1) is 0 Å².